The monoisotopic (exact) mass is 223 g/mol. The van der Waals surface area contributed by atoms with Crippen molar-refractivity contribution in [2.75, 3.05) is 6.54 Å². The van der Waals surface area contributed by atoms with Crippen LogP contribution in [0.1, 0.15) is 71.6 Å². The Morgan fingerprint density at radius 1 is 1.06 bits per heavy atom. The SMILES string of the molecule is CCC1CCCCC1NCC1(CC)CCC1. The molecule has 2 aliphatic carbocycles. The van der Waals surface area contributed by atoms with Gasteiger partial charge in [-0.3, -0.25) is 0 Å². The molecule has 2 saturated carbocycles. The van der Waals surface area contributed by atoms with Crippen molar-refractivity contribution in [3.05, 3.63) is 0 Å². The fourth-order valence-electron chi connectivity index (χ4n) is 3.64. The highest BCUT2D eigenvalue weighted by Crippen LogP contribution is 2.43. The quantitative estimate of drug-likeness (QED) is 0.739. The summed E-state index contributed by atoms with van der Waals surface area (Å²) in [6, 6.07) is 0.836. The molecular formula is C15H29N. The third-order valence-corrected chi connectivity index (χ3v) is 5.34. The topological polar surface area (TPSA) is 12.0 Å². The molecule has 0 heterocycles. The van der Waals surface area contributed by atoms with Crippen LogP contribution in [-0.4, -0.2) is 12.6 Å². The number of rotatable bonds is 5. The van der Waals surface area contributed by atoms with Crippen molar-refractivity contribution >= 4 is 0 Å². The molecule has 1 N–H and O–H groups in total. The van der Waals surface area contributed by atoms with E-state index in [1.165, 1.54) is 64.3 Å². The van der Waals surface area contributed by atoms with Crippen molar-refractivity contribution in [2.24, 2.45) is 11.3 Å². The van der Waals surface area contributed by atoms with Gasteiger partial charge in [-0.1, -0.05) is 39.5 Å². The van der Waals surface area contributed by atoms with E-state index in [2.05, 4.69) is 19.2 Å². The molecule has 2 atom stereocenters. The van der Waals surface area contributed by atoms with E-state index in [0.717, 1.165) is 12.0 Å². The maximum atomic E-state index is 3.92. The number of hydrogen-bond donors (Lipinski definition) is 1. The molecule has 2 fully saturated rings. The summed E-state index contributed by atoms with van der Waals surface area (Å²) in [6.07, 6.45) is 13.0. The van der Waals surface area contributed by atoms with Crippen molar-refractivity contribution < 1.29 is 0 Å². The minimum absolute atomic E-state index is 0.690. The second kappa shape index (κ2) is 5.53. The number of hydrogen-bond acceptors (Lipinski definition) is 1. The molecule has 0 aromatic heterocycles. The molecular weight excluding hydrogens is 194 g/mol. The van der Waals surface area contributed by atoms with Gasteiger partial charge in [-0.05, 0) is 43.4 Å². The lowest BCUT2D eigenvalue weighted by atomic mass is 9.66. The molecule has 16 heavy (non-hydrogen) atoms. The molecule has 0 spiro atoms. The van der Waals surface area contributed by atoms with Crippen molar-refractivity contribution in [2.45, 2.75) is 77.7 Å². The predicted molar refractivity (Wildman–Crippen MR) is 70.6 cm³/mol. The van der Waals surface area contributed by atoms with Crippen molar-refractivity contribution in [1.82, 2.24) is 5.32 Å². The van der Waals surface area contributed by atoms with Gasteiger partial charge in [0.25, 0.3) is 0 Å². The van der Waals surface area contributed by atoms with E-state index in [9.17, 15) is 0 Å². The summed E-state index contributed by atoms with van der Waals surface area (Å²) in [7, 11) is 0. The standard InChI is InChI=1S/C15H29N/c1-3-13-8-5-6-9-14(13)16-12-15(4-2)10-7-11-15/h13-14,16H,3-12H2,1-2H3. The van der Waals surface area contributed by atoms with Gasteiger partial charge in [0.2, 0.25) is 0 Å². The Hall–Kier alpha value is -0.0400. The zero-order valence-electron chi connectivity index (χ0n) is 11.2. The van der Waals surface area contributed by atoms with Crippen LogP contribution in [0.5, 0.6) is 0 Å². The van der Waals surface area contributed by atoms with Crippen LogP contribution in [0.15, 0.2) is 0 Å². The van der Waals surface area contributed by atoms with Crippen LogP contribution in [0.25, 0.3) is 0 Å². The summed E-state index contributed by atoms with van der Waals surface area (Å²) in [4.78, 5) is 0. The Kier molecular flexibility index (Phi) is 4.29. The molecule has 0 amide bonds. The molecule has 0 saturated heterocycles. The van der Waals surface area contributed by atoms with Gasteiger partial charge in [0, 0.05) is 12.6 Å². The van der Waals surface area contributed by atoms with Gasteiger partial charge in [0.1, 0.15) is 0 Å². The lowest BCUT2D eigenvalue weighted by Crippen LogP contribution is -2.46. The maximum Gasteiger partial charge on any atom is 0.00954 e. The van der Waals surface area contributed by atoms with E-state index in [1.54, 1.807) is 0 Å². The van der Waals surface area contributed by atoms with E-state index in [-0.39, 0.29) is 0 Å². The molecule has 1 nitrogen and oxygen atoms in total. The average molecular weight is 223 g/mol. The predicted octanol–water partition coefficient (Wildman–Crippen LogP) is 4.13. The van der Waals surface area contributed by atoms with Crippen LogP contribution in [0, 0.1) is 11.3 Å². The first-order valence-corrected chi connectivity index (χ1v) is 7.53. The molecule has 0 aliphatic heterocycles. The van der Waals surface area contributed by atoms with E-state index >= 15 is 0 Å². The fraction of sp³-hybridized carbons (Fsp3) is 1.00. The second-order valence-corrected chi connectivity index (χ2v) is 6.15. The Morgan fingerprint density at radius 2 is 1.81 bits per heavy atom. The normalized spacial score (nSPS) is 33.4. The van der Waals surface area contributed by atoms with Crippen LogP contribution in [0.3, 0.4) is 0 Å². The van der Waals surface area contributed by atoms with Gasteiger partial charge in [-0.25, -0.2) is 0 Å². The lowest BCUT2D eigenvalue weighted by Gasteiger charge is -2.44. The highest BCUT2D eigenvalue weighted by Gasteiger charge is 2.36. The van der Waals surface area contributed by atoms with Crippen molar-refractivity contribution in [1.29, 1.82) is 0 Å². The Labute approximate surface area is 101 Å². The summed E-state index contributed by atoms with van der Waals surface area (Å²) in [5.74, 6) is 0.961. The Morgan fingerprint density at radius 3 is 2.38 bits per heavy atom. The maximum absolute atomic E-state index is 3.92. The molecule has 2 rings (SSSR count). The second-order valence-electron chi connectivity index (χ2n) is 6.15. The Balaban J connectivity index is 1.79. The van der Waals surface area contributed by atoms with Crippen LogP contribution < -0.4 is 5.32 Å². The van der Waals surface area contributed by atoms with Crippen LogP contribution in [0.4, 0.5) is 0 Å². The summed E-state index contributed by atoms with van der Waals surface area (Å²) >= 11 is 0. The first-order chi connectivity index (χ1) is 7.79. The van der Waals surface area contributed by atoms with Crippen LogP contribution >= 0.6 is 0 Å². The van der Waals surface area contributed by atoms with Gasteiger partial charge in [0.05, 0.1) is 0 Å². The average Bonchev–Trinajstić information content (AvgIpc) is 2.29. The van der Waals surface area contributed by atoms with Crippen LogP contribution in [0.2, 0.25) is 0 Å². The molecule has 2 aliphatic rings. The molecule has 0 radical (unpaired) electrons. The molecule has 2 unspecified atom stereocenters. The smallest absolute Gasteiger partial charge is 0.00954 e. The molecule has 0 aromatic carbocycles. The zero-order valence-corrected chi connectivity index (χ0v) is 11.2. The summed E-state index contributed by atoms with van der Waals surface area (Å²) in [6.45, 7) is 6.04. The number of nitrogens with one attached hydrogen (secondary N) is 1. The summed E-state index contributed by atoms with van der Waals surface area (Å²) in [5.41, 5.74) is 0.690. The highest BCUT2D eigenvalue weighted by atomic mass is 14.9. The first kappa shape index (κ1) is 12.4. The summed E-state index contributed by atoms with van der Waals surface area (Å²) in [5, 5.41) is 3.92. The summed E-state index contributed by atoms with van der Waals surface area (Å²) < 4.78 is 0. The van der Waals surface area contributed by atoms with E-state index in [1.807, 2.05) is 0 Å². The van der Waals surface area contributed by atoms with E-state index in [0.29, 0.717) is 5.41 Å². The van der Waals surface area contributed by atoms with Gasteiger partial charge in [-0.2, -0.15) is 0 Å². The third kappa shape index (κ3) is 2.61. The first-order valence-electron chi connectivity index (χ1n) is 7.53. The molecule has 1 heteroatoms. The Bertz CT molecular complexity index is 202. The van der Waals surface area contributed by atoms with Gasteiger partial charge in [0.15, 0.2) is 0 Å². The van der Waals surface area contributed by atoms with Gasteiger partial charge in [-0.15, -0.1) is 0 Å². The molecule has 94 valence electrons. The van der Waals surface area contributed by atoms with Gasteiger partial charge < -0.3 is 5.32 Å². The minimum Gasteiger partial charge on any atom is -0.313 e. The zero-order chi connectivity index (χ0) is 11.4. The minimum atomic E-state index is 0.690. The third-order valence-electron chi connectivity index (χ3n) is 5.34. The lowest BCUT2D eigenvalue weighted by molar-refractivity contribution is 0.107. The van der Waals surface area contributed by atoms with E-state index < -0.39 is 0 Å². The fourth-order valence-corrected chi connectivity index (χ4v) is 3.64. The van der Waals surface area contributed by atoms with Crippen molar-refractivity contribution in [3.8, 4) is 0 Å². The van der Waals surface area contributed by atoms with Crippen LogP contribution in [-0.2, 0) is 0 Å². The largest absolute Gasteiger partial charge is 0.313 e. The van der Waals surface area contributed by atoms with E-state index in [4.69, 9.17) is 0 Å². The van der Waals surface area contributed by atoms with Crippen molar-refractivity contribution in [3.63, 3.8) is 0 Å². The highest BCUT2D eigenvalue weighted by molar-refractivity contribution is 4.90. The van der Waals surface area contributed by atoms with Gasteiger partial charge >= 0.3 is 0 Å². The molecule has 0 bridgehead atoms. The molecule has 0 aromatic rings.